The van der Waals surface area contributed by atoms with E-state index in [2.05, 4.69) is 20.2 Å². The minimum absolute atomic E-state index is 0.280. The van der Waals surface area contributed by atoms with Crippen LogP contribution in [0.2, 0.25) is 0 Å². The predicted octanol–water partition coefficient (Wildman–Crippen LogP) is 4.31. The van der Waals surface area contributed by atoms with Gasteiger partial charge in [-0.2, -0.15) is 4.31 Å². The molecule has 1 atom stereocenters. The van der Waals surface area contributed by atoms with Crippen LogP contribution in [-0.2, 0) is 18.0 Å². The van der Waals surface area contributed by atoms with Crippen molar-refractivity contribution in [3.8, 4) is 0 Å². The molecule has 1 aromatic carbocycles. The van der Waals surface area contributed by atoms with Gasteiger partial charge in [-0.3, -0.25) is 4.52 Å². The summed E-state index contributed by atoms with van der Waals surface area (Å²) in [6.45, 7) is 6.37. The van der Waals surface area contributed by atoms with Gasteiger partial charge < -0.3 is 20.0 Å². The molecule has 1 unspecified atom stereocenters. The second kappa shape index (κ2) is 10.9. The Kier molecular flexibility index (Phi) is 9.63. The van der Waals surface area contributed by atoms with E-state index in [-0.39, 0.29) is 6.61 Å². The zero-order chi connectivity index (χ0) is 20.5. The van der Waals surface area contributed by atoms with E-state index in [9.17, 15) is 9.13 Å². The summed E-state index contributed by atoms with van der Waals surface area (Å²) < 4.78 is 30.0. The van der Waals surface area contributed by atoms with E-state index in [0.717, 1.165) is 30.6 Å². The number of aryl methyl sites for hydroxylation is 1. The first-order valence-electron chi connectivity index (χ1n) is 8.33. The third kappa shape index (κ3) is 12.0. The Balaban J connectivity index is 2.33. The zero-order valence-electron chi connectivity index (χ0n) is 15.7. The number of phosphoric acid groups is 2. The maximum atomic E-state index is 11.3. The lowest BCUT2D eigenvalue weighted by molar-refractivity contribution is 0.191. The molecule has 0 heterocycles. The highest BCUT2D eigenvalue weighted by Gasteiger charge is 2.31. The van der Waals surface area contributed by atoms with Gasteiger partial charge in [0.1, 0.15) is 0 Å². The van der Waals surface area contributed by atoms with Gasteiger partial charge in [-0.1, -0.05) is 41.0 Å². The van der Waals surface area contributed by atoms with Crippen LogP contribution in [0, 0.1) is 6.92 Å². The molecule has 0 radical (unpaired) electrons. The molecule has 0 amide bonds. The van der Waals surface area contributed by atoms with Gasteiger partial charge in [-0.05, 0) is 45.7 Å². The Morgan fingerprint density at radius 3 is 2.30 bits per heavy atom. The van der Waals surface area contributed by atoms with E-state index in [0.29, 0.717) is 0 Å². The van der Waals surface area contributed by atoms with E-state index >= 15 is 0 Å². The summed E-state index contributed by atoms with van der Waals surface area (Å²) >= 11 is 0. The van der Waals surface area contributed by atoms with Crippen molar-refractivity contribution in [1.29, 1.82) is 0 Å². The molecule has 1 aromatic rings. The van der Waals surface area contributed by atoms with Gasteiger partial charge in [0.25, 0.3) is 0 Å². The van der Waals surface area contributed by atoms with Gasteiger partial charge >= 0.3 is 15.6 Å². The fourth-order valence-electron chi connectivity index (χ4n) is 2.07. The summed E-state index contributed by atoms with van der Waals surface area (Å²) in [6.07, 6.45) is 5.19. The predicted molar refractivity (Wildman–Crippen MR) is 105 cm³/mol. The first-order chi connectivity index (χ1) is 12.5. The van der Waals surface area contributed by atoms with Gasteiger partial charge in [0, 0.05) is 12.2 Å². The number of hydrogen-bond donors (Lipinski definition) is 4. The third-order valence-electron chi connectivity index (χ3n) is 3.53. The fraction of sp³-hybridized carbons (Fsp3) is 0.412. The lowest BCUT2D eigenvalue weighted by Crippen LogP contribution is -2.02. The molecule has 0 aromatic heterocycles. The van der Waals surface area contributed by atoms with Gasteiger partial charge in [-0.25, -0.2) is 9.13 Å². The van der Waals surface area contributed by atoms with Crippen molar-refractivity contribution >= 4 is 21.3 Å². The van der Waals surface area contributed by atoms with Gasteiger partial charge in [0.2, 0.25) is 0 Å². The topological polar surface area (TPSA) is 125 Å². The minimum atomic E-state index is -5.08. The largest absolute Gasteiger partial charge is 0.481 e. The summed E-state index contributed by atoms with van der Waals surface area (Å²) in [5.74, 6) is 0. The summed E-state index contributed by atoms with van der Waals surface area (Å²) in [6, 6.07) is 8.17. The second-order valence-electron chi connectivity index (χ2n) is 6.20. The summed E-state index contributed by atoms with van der Waals surface area (Å²) in [4.78, 5) is 26.2. The molecule has 8 nitrogen and oxygen atoms in total. The van der Waals surface area contributed by atoms with Crippen LogP contribution in [-0.4, -0.2) is 27.8 Å². The Bertz CT molecular complexity index is 753. The monoisotopic (exact) mass is 419 g/mol. The quantitative estimate of drug-likeness (QED) is 0.309. The molecule has 0 saturated heterocycles. The highest BCUT2D eigenvalue weighted by molar-refractivity contribution is 7.60. The van der Waals surface area contributed by atoms with Crippen LogP contribution in [0.5, 0.6) is 0 Å². The molecule has 0 fully saturated rings. The van der Waals surface area contributed by atoms with Crippen molar-refractivity contribution < 1.29 is 32.6 Å². The fourth-order valence-corrected chi connectivity index (χ4v) is 3.59. The summed E-state index contributed by atoms with van der Waals surface area (Å²) in [7, 11) is -9.87. The van der Waals surface area contributed by atoms with Crippen LogP contribution in [0.1, 0.15) is 32.3 Å². The molecule has 0 spiro atoms. The number of rotatable bonds is 11. The van der Waals surface area contributed by atoms with E-state index < -0.39 is 15.6 Å². The molecule has 4 N–H and O–H groups in total. The lowest BCUT2D eigenvalue weighted by atomic mass is 10.1. The van der Waals surface area contributed by atoms with E-state index in [1.165, 1.54) is 11.1 Å². The first-order valence-corrected chi connectivity index (χ1v) is 11.4. The SMILES string of the molecule is C/C(=C\COP(=O)(O)OP(=O)(O)O)CC/C=C(\C)CNc1ccc(C)cc1. The first kappa shape index (κ1) is 23.8. The highest BCUT2D eigenvalue weighted by atomic mass is 31.3. The van der Waals surface area contributed by atoms with Gasteiger partial charge in [0.15, 0.2) is 0 Å². The molecule has 10 heteroatoms. The summed E-state index contributed by atoms with van der Waals surface area (Å²) in [5.41, 5.74) is 4.38. The van der Waals surface area contributed by atoms with Crippen molar-refractivity contribution in [2.75, 3.05) is 18.5 Å². The highest BCUT2D eigenvalue weighted by Crippen LogP contribution is 2.57. The Labute approximate surface area is 159 Å². The molecule has 27 heavy (non-hydrogen) atoms. The lowest BCUT2D eigenvalue weighted by Gasteiger charge is -2.11. The van der Waals surface area contributed by atoms with Crippen LogP contribution in [0.25, 0.3) is 0 Å². The van der Waals surface area contributed by atoms with Crippen molar-refractivity contribution in [3.05, 3.63) is 53.1 Å². The standard InChI is InChI=1S/C17H27NO7P2/c1-14(11-12-24-27(22,23)25-26(19,20)21)5-4-6-16(3)13-18-17-9-7-15(2)8-10-17/h6-11,18H,4-5,12-13H2,1-3H3,(H,22,23)(H2,19,20,21)/b14-11+,16-6+. The molecular formula is C17H27NO7P2. The normalized spacial score (nSPS) is 15.5. The number of allylic oxidation sites excluding steroid dienone is 2. The Morgan fingerprint density at radius 2 is 1.70 bits per heavy atom. The molecule has 0 aliphatic carbocycles. The van der Waals surface area contributed by atoms with Crippen LogP contribution in [0.4, 0.5) is 5.69 Å². The summed E-state index contributed by atoms with van der Waals surface area (Å²) in [5, 5.41) is 3.34. The van der Waals surface area contributed by atoms with E-state index in [1.54, 1.807) is 6.08 Å². The average molecular weight is 419 g/mol. The molecule has 0 saturated carbocycles. The molecule has 0 bridgehead atoms. The van der Waals surface area contributed by atoms with Crippen molar-refractivity contribution in [1.82, 2.24) is 0 Å². The minimum Gasteiger partial charge on any atom is -0.381 e. The molecule has 152 valence electrons. The number of hydrogen-bond acceptors (Lipinski definition) is 5. The maximum absolute atomic E-state index is 11.3. The molecular weight excluding hydrogens is 392 g/mol. The zero-order valence-corrected chi connectivity index (χ0v) is 17.5. The second-order valence-corrected chi connectivity index (χ2v) is 9.03. The van der Waals surface area contributed by atoms with Crippen LogP contribution >= 0.6 is 15.6 Å². The number of benzene rings is 1. The van der Waals surface area contributed by atoms with Crippen LogP contribution in [0.15, 0.2) is 47.6 Å². The van der Waals surface area contributed by atoms with Crippen molar-refractivity contribution in [3.63, 3.8) is 0 Å². The Hall–Kier alpha value is -1.24. The molecule has 0 aliphatic heterocycles. The van der Waals surface area contributed by atoms with Gasteiger partial charge in [0.05, 0.1) is 6.61 Å². The molecule has 0 aliphatic rings. The number of anilines is 1. The maximum Gasteiger partial charge on any atom is 0.481 e. The van der Waals surface area contributed by atoms with Gasteiger partial charge in [-0.15, -0.1) is 0 Å². The smallest absolute Gasteiger partial charge is 0.381 e. The van der Waals surface area contributed by atoms with Crippen molar-refractivity contribution in [2.45, 2.75) is 33.6 Å². The van der Waals surface area contributed by atoms with Crippen molar-refractivity contribution in [2.24, 2.45) is 0 Å². The number of nitrogens with one attached hydrogen (secondary N) is 1. The Morgan fingerprint density at radius 1 is 1.07 bits per heavy atom. The number of phosphoric ester groups is 1. The average Bonchev–Trinajstić information content (AvgIpc) is 2.52. The van der Waals surface area contributed by atoms with Crippen LogP contribution in [0.3, 0.4) is 0 Å². The van der Waals surface area contributed by atoms with Crippen LogP contribution < -0.4 is 5.32 Å². The third-order valence-corrected chi connectivity index (χ3v) is 5.69. The van der Waals surface area contributed by atoms with E-state index in [1.807, 2.05) is 45.0 Å². The van der Waals surface area contributed by atoms with E-state index in [4.69, 9.17) is 14.7 Å². The molecule has 1 rings (SSSR count).